The second-order valence-electron chi connectivity index (χ2n) is 4.50. The van der Waals surface area contributed by atoms with Gasteiger partial charge in [0.15, 0.2) is 0 Å². The van der Waals surface area contributed by atoms with Crippen molar-refractivity contribution >= 4 is 22.8 Å². The molecular formula is C13H11N5. The molecule has 4 rings (SSSR count). The summed E-state index contributed by atoms with van der Waals surface area (Å²) in [4.78, 5) is 11.5. The van der Waals surface area contributed by atoms with Gasteiger partial charge in [-0.3, -0.25) is 0 Å². The van der Waals surface area contributed by atoms with Crippen molar-refractivity contribution in [2.24, 2.45) is 0 Å². The standard InChI is InChI=1S/C13H11N5/c14-11-10-9-7-4-2-1-3-6(7)5-8(9)16-12(10)18-13(15)17-11/h1-4H,5H2,(H5,14,15,16,17,18). The van der Waals surface area contributed by atoms with Gasteiger partial charge < -0.3 is 16.5 Å². The molecule has 0 bridgehead atoms. The largest absolute Gasteiger partial charge is 0.383 e. The van der Waals surface area contributed by atoms with Crippen LogP contribution in [0.25, 0.3) is 22.2 Å². The van der Waals surface area contributed by atoms with E-state index in [1.807, 2.05) is 12.1 Å². The first-order valence-corrected chi connectivity index (χ1v) is 5.76. The first-order chi connectivity index (χ1) is 8.74. The van der Waals surface area contributed by atoms with Crippen molar-refractivity contribution < 1.29 is 0 Å². The SMILES string of the molecule is Nc1nc(N)c2c3c([nH]c2n1)Cc1ccccc1-3. The number of nitrogens with zero attached hydrogens (tertiary/aromatic N) is 2. The number of anilines is 2. The molecule has 0 saturated carbocycles. The van der Waals surface area contributed by atoms with Gasteiger partial charge in [0.05, 0.1) is 5.39 Å². The quantitative estimate of drug-likeness (QED) is 0.434. The fourth-order valence-electron chi connectivity index (χ4n) is 2.73. The molecule has 1 aliphatic carbocycles. The number of H-pyrrole nitrogens is 1. The van der Waals surface area contributed by atoms with E-state index < -0.39 is 0 Å². The second-order valence-corrected chi connectivity index (χ2v) is 4.50. The number of nitrogens with two attached hydrogens (primary N) is 2. The van der Waals surface area contributed by atoms with E-state index in [4.69, 9.17) is 11.5 Å². The highest BCUT2D eigenvalue weighted by Gasteiger charge is 2.25. The lowest BCUT2D eigenvalue weighted by Crippen LogP contribution is -2.00. The number of aromatic amines is 1. The number of fused-ring (bicyclic) bond motifs is 5. The van der Waals surface area contributed by atoms with E-state index in [1.54, 1.807) is 0 Å². The van der Waals surface area contributed by atoms with Gasteiger partial charge >= 0.3 is 0 Å². The molecule has 3 aromatic rings. The Kier molecular flexibility index (Phi) is 1.58. The van der Waals surface area contributed by atoms with E-state index in [9.17, 15) is 0 Å². The van der Waals surface area contributed by atoms with E-state index in [2.05, 4.69) is 27.1 Å². The average Bonchev–Trinajstić information content (AvgIpc) is 2.83. The van der Waals surface area contributed by atoms with Gasteiger partial charge in [-0.2, -0.15) is 9.97 Å². The number of hydrogen-bond donors (Lipinski definition) is 3. The summed E-state index contributed by atoms with van der Waals surface area (Å²) >= 11 is 0. The zero-order valence-corrected chi connectivity index (χ0v) is 9.57. The van der Waals surface area contributed by atoms with Crippen molar-refractivity contribution in [3.63, 3.8) is 0 Å². The zero-order chi connectivity index (χ0) is 12.3. The third-order valence-electron chi connectivity index (χ3n) is 3.43. The van der Waals surface area contributed by atoms with Crippen LogP contribution in [0.3, 0.4) is 0 Å². The van der Waals surface area contributed by atoms with Crippen LogP contribution in [-0.4, -0.2) is 15.0 Å². The van der Waals surface area contributed by atoms with E-state index in [0.717, 1.165) is 28.7 Å². The summed E-state index contributed by atoms with van der Waals surface area (Å²) in [6, 6.07) is 8.31. The summed E-state index contributed by atoms with van der Waals surface area (Å²) < 4.78 is 0. The molecule has 0 spiro atoms. The van der Waals surface area contributed by atoms with E-state index in [-0.39, 0.29) is 5.95 Å². The van der Waals surface area contributed by atoms with Gasteiger partial charge in [0.25, 0.3) is 0 Å². The molecule has 1 aliphatic rings. The number of benzene rings is 1. The molecule has 0 atom stereocenters. The molecule has 0 amide bonds. The first kappa shape index (κ1) is 9.47. The third-order valence-corrected chi connectivity index (χ3v) is 3.43. The van der Waals surface area contributed by atoms with Crippen LogP contribution in [0.2, 0.25) is 0 Å². The van der Waals surface area contributed by atoms with Crippen LogP contribution in [0.4, 0.5) is 11.8 Å². The summed E-state index contributed by atoms with van der Waals surface area (Å²) in [6.07, 6.45) is 0.876. The monoisotopic (exact) mass is 237 g/mol. The van der Waals surface area contributed by atoms with Gasteiger partial charge in [0, 0.05) is 17.7 Å². The van der Waals surface area contributed by atoms with Gasteiger partial charge in [-0.1, -0.05) is 24.3 Å². The number of hydrogen-bond acceptors (Lipinski definition) is 4. The molecular weight excluding hydrogens is 226 g/mol. The van der Waals surface area contributed by atoms with Crippen LogP contribution in [0, 0.1) is 0 Å². The van der Waals surface area contributed by atoms with Gasteiger partial charge in [-0.25, -0.2) is 0 Å². The van der Waals surface area contributed by atoms with Crippen molar-refractivity contribution in [2.45, 2.75) is 6.42 Å². The van der Waals surface area contributed by atoms with Crippen molar-refractivity contribution in [3.05, 3.63) is 35.5 Å². The molecule has 5 heteroatoms. The Morgan fingerprint density at radius 2 is 1.94 bits per heavy atom. The van der Waals surface area contributed by atoms with Gasteiger partial charge in [0.2, 0.25) is 5.95 Å². The first-order valence-electron chi connectivity index (χ1n) is 5.76. The summed E-state index contributed by atoms with van der Waals surface area (Å²) in [6.45, 7) is 0. The minimum atomic E-state index is 0.202. The number of rotatable bonds is 0. The molecule has 0 unspecified atom stereocenters. The van der Waals surface area contributed by atoms with Crippen molar-refractivity contribution in [1.82, 2.24) is 15.0 Å². The van der Waals surface area contributed by atoms with Crippen molar-refractivity contribution in [1.29, 1.82) is 0 Å². The topological polar surface area (TPSA) is 93.6 Å². The van der Waals surface area contributed by atoms with Gasteiger partial charge in [0.1, 0.15) is 11.5 Å². The third kappa shape index (κ3) is 1.05. The Labute approximate surface area is 103 Å². The average molecular weight is 237 g/mol. The van der Waals surface area contributed by atoms with Crippen LogP contribution in [0.1, 0.15) is 11.3 Å². The molecule has 0 saturated heterocycles. The van der Waals surface area contributed by atoms with E-state index in [0.29, 0.717) is 5.82 Å². The lowest BCUT2D eigenvalue weighted by Gasteiger charge is -2.02. The summed E-state index contributed by atoms with van der Waals surface area (Å²) in [5, 5.41) is 0.879. The molecule has 0 radical (unpaired) electrons. The predicted molar refractivity (Wildman–Crippen MR) is 71.0 cm³/mol. The Bertz CT molecular complexity index is 787. The minimum absolute atomic E-state index is 0.202. The lowest BCUT2D eigenvalue weighted by atomic mass is 10.1. The normalized spacial score (nSPS) is 12.7. The molecule has 2 aromatic heterocycles. The second kappa shape index (κ2) is 3.01. The minimum Gasteiger partial charge on any atom is -0.383 e. The molecule has 88 valence electrons. The van der Waals surface area contributed by atoms with Crippen LogP contribution in [-0.2, 0) is 6.42 Å². The Balaban J connectivity index is 2.15. The maximum atomic E-state index is 5.98. The highest BCUT2D eigenvalue weighted by Crippen LogP contribution is 2.42. The highest BCUT2D eigenvalue weighted by atomic mass is 15.1. The lowest BCUT2D eigenvalue weighted by molar-refractivity contribution is 1.14. The smallest absolute Gasteiger partial charge is 0.223 e. The van der Waals surface area contributed by atoms with Crippen molar-refractivity contribution in [3.8, 4) is 11.1 Å². The van der Waals surface area contributed by atoms with Crippen LogP contribution < -0.4 is 11.5 Å². The fraction of sp³-hybridized carbons (Fsp3) is 0.0769. The number of aromatic nitrogens is 3. The molecule has 0 aliphatic heterocycles. The summed E-state index contributed by atoms with van der Waals surface area (Å²) in [5.41, 5.74) is 17.1. The zero-order valence-electron chi connectivity index (χ0n) is 9.57. The molecule has 1 aromatic carbocycles. The van der Waals surface area contributed by atoms with E-state index in [1.165, 1.54) is 11.1 Å². The Morgan fingerprint density at radius 1 is 1.11 bits per heavy atom. The maximum absolute atomic E-state index is 5.98. The maximum Gasteiger partial charge on any atom is 0.223 e. The predicted octanol–water partition coefficient (Wildman–Crippen LogP) is 1.69. The Hall–Kier alpha value is -2.56. The van der Waals surface area contributed by atoms with Gasteiger partial charge in [-0.05, 0) is 11.1 Å². The van der Waals surface area contributed by atoms with Crippen LogP contribution in [0.15, 0.2) is 24.3 Å². The highest BCUT2D eigenvalue weighted by molar-refractivity contribution is 6.04. The van der Waals surface area contributed by atoms with Crippen molar-refractivity contribution in [2.75, 3.05) is 11.5 Å². The molecule has 18 heavy (non-hydrogen) atoms. The number of nitrogen functional groups attached to an aromatic ring is 2. The molecule has 2 heterocycles. The van der Waals surface area contributed by atoms with E-state index >= 15 is 0 Å². The fourth-order valence-corrected chi connectivity index (χ4v) is 2.73. The summed E-state index contributed by atoms with van der Waals surface area (Å²) in [7, 11) is 0. The Morgan fingerprint density at radius 3 is 2.83 bits per heavy atom. The molecule has 5 N–H and O–H groups in total. The summed E-state index contributed by atoms with van der Waals surface area (Å²) in [5.74, 6) is 0.639. The molecule has 0 fully saturated rings. The van der Waals surface area contributed by atoms with Crippen LogP contribution >= 0.6 is 0 Å². The van der Waals surface area contributed by atoms with Crippen LogP contribution in [0.5, 0.6) is 0 Å². The molecule has 5 nitrogen and oxygen atoms in total. The van der Waals surface area contributed by atoms with Gasteiger partial charge in [-0.15, -0.1) is 0 Å². The number of nitrogens with one attached hydrogen (secondary N) is 1.